The van der Waals surface area contributed by atoms with Crippen LogP contribution in [0.4, 0.5) is 0 Å². The largest absolute Gasteiger partial charge is 0.477 e. The molecule has 8 nitrogen and oxygen atoms in total. The summed E-state index contributed by atoms with van der Waals surface area (Å²) in [6.45, 7) is 4.71. The zero-order valence-corrected chi connectivity index (χ0v) is 38.8. The van der Waals surface area contributed by atoms with E-state index in [-0.39, 0.29) is 36.2 Å². The molecule has 0 radical (unpaired) electrons. The normalized spacial score (nSPS) is 13.1. The van der Waals surface area contributed by atoms with Crippen LogP contribution in [0.15, 0.2) is 24.3 Å². The molecule has 0 bridgehead atoms. The highest BCUT2D eigenvalue weighted by Crippen LogP contribution is 2.15. The van der Waals surface area contributed by atoms with Gasteiger partial charge in [0, 0.05) is 19.3 Å². The monoisotopic (exact) mass is 821 g/mol. The number of aliphatic carboxylic acids is 1. The zero-order chi connectivity index (χ0) is 42.8. The predicted molar refractivity (Wildman–Crippen MR) is 243 cm³/mol. The van der Waals surface area contributed by atoms with Gasteiger partial charge in [0.15, 0.2) is 12.1 Å². The molecule has 0 amide bonds. The smallest absolute Gasteiger partial charge is 0.362 e. The summed E-state index contributed by atoms with van der Waals surface area (Å²) >= 11 is 0. The Hall–Kier alpha value is -2.19. The van der Waals surface area contributed by atoms with Crippen molar-refractivity contribution in [3.63, 3.8) is 0 Å². The average Bonchev–Trinajstić information content (AvgIpc) is 3.18. The summed E-state index contributed by atoms with van der Waals surface area (Å²) in [7, 11) is 5.53. The predicted octanol–water partition coefficient (Wildman–Crippen LogP) is 13.6. The molecule has 0 heterocycles. The summed E-state index contributed by atoms with van der Waals surface area (Å²) in [4.78, 5) is 37.0. The van der Waals surface area contributed by atoms with Crippen molar-refractivity contribution in [1.82, 2.24) is 0 Å². The fourth-order valence-corrected chi connectivity index (χ4v) is 7.24. The van der Waals surface area contributed by atoms with E-state index in [0.717, 1.165) is 51.4 Å². The summed E-state index contributed by atoms with van der Waals surface area (Å²) in [5, 5.41) is 9.62. The molecule has 0 aliphatic rings. The number of unbranched alkanes of at least 4 members (excludes halogenated alkanes) is 26. The molecule has 0 aromatic carbocycles. The highest BCUT2D eigenvalue weighted by atomic mass is 16.6. The van der Waals surface area contributed by atoms with Gasteiger partial charge in [-0.05, 0) is 57.8 Å². The molecule has 0 spiro atoms. The van der Waals surface area contributed by atoms with E-state index < -0.39 is 18.1 Å². The fraction of sp³-hybridized carbons (Fsp3) is 0.860. The molecule has 1 N–H and O–H groups in total. The van der Waals surface area contributed by atoms with Gasteiger partial charge in [0.1, 0.15) is 6.61 Å². The molecule has 0 aliphatic heterocycles. The lowest BCUT2D eigenvalue weighted by Gasteiger charge is -2.31. The minimum Gasteiger partial charge on any atom is -0.477 e. The maximum atomic E-state index is 12.7. The summed E-state index contributed by atoms with van der Waals surface area (Å²) in [5.74, 6) is -1.48. The average molecular weight is 821 g/mol. The Morgan fingerprint density at radius 1 is 0.500 bits per heavy atom. The molecule has 0 aliphatic carbocycles. The van der Waals surface area contributed by atoms with Crippen LogP contribution >= 0.6 is 0 Å². The van der Waals surface area contributed by atoms with E-state index in [9.17, 15) is 19.5 Å². The van der Waals surface area contributed by atoms with Gasteiger partial charge in [-0.2, -0.15) is 0 Å². The molecule has 0 saturated carbocycles. The van der Waals surface area contributed by atoms with Crippen molar-refractivity contribution in [1.29, 1.82) is 0 Å². The van der Waals surface area contributed by atoms with Crippen molar-refractivity contribution in [3.8, 4) is 0 Å². The van der Waals surface area contributed by atoms with E-state index >= 15 is 0 Å². The van der Waals surface area contributed by atoms with Gasteiger partial charge in [0.2, 0.25) is 0 Å². The Bertz CT molecular complexity index is 1000. The highest BCUT2D eigenvalue weighted by Gasteiger charge is 2.31. The van der Waals surface area contributed by atoms with Crippen LogP contribution < -0.4 is 0 Å². The third kappa shape index (κ3) is 39.3. The maximum absolute atomic E-state index is 12.7. The number of carboxylic acid groups (broad SMARTS) is 1. The van der Waals surface area contributed by atoms with Gasteiger partial charge in [-0.1, -0.05) is 173 Å². The van der Waals surface area contributed by atoms with Crippen molar-refractivity contribution in [2.24, 2.45) is 0 Å². The van der Waals surface area contributed by atoms with Crippen LogP contribution in [0, 0.1) is 0 Å². The number of hydrogen-bond donors (Lipinski definition) is 1. The van der Waals surface area contributed by atoms with Gasteiger partial charge in [0.25, 0.3) is 0 Å². The second-order valence-electron chi connectivity index (χ2n) is 17.7. The van der Waals surface area contributed by atoms with Crippen molar-refractivity contribution in [3.05, 3.63) is 24.3 Å². The van der Waals surface area contributed by atoms with E-state index in [1.807, 2.05) is 21.1 Å². The number of ether oxygens (including phenoxy) is 3. The Balaban J connectivity index is 4.16. The first-order valence-corrected chi connectivity index (χ1v) is 24.4. The van der Waals surface area contributed by atoms with Crippen LogP contribution in [-0.2, 0) is 28.6 Å². The molecule has 2 unspecified atom stereocenters. The molecule has 0 rings (SSSR count). The van der Waals surface area contributed by atoms with Crippen LogP contribution in [-0.4, -0.2) is 80.6 Å². The number of carbonyl (C=O) groups excluding carboxylic acids is 2. The van der Waals surface area contributed by atoms with E-state index in [4.69, 9.17) is 14.2 Å². The minimum atomic E-state index is -0.876. The maximum Gasteiger partial charge on any atom is 0.362 e. The number of likely N-dealkylation sites (N-methyl/N-ethyl adjacent to an activating group) is 1. The van der Waals surface area contributed by atoms with Gasteiger partial charge in [0.05, 0.1) is 34.4 Å². The first-order chi connectivity index (χ1) is 28.1. The molecule has 58 heavy (non-hydrogen) atoms. The number of carboxylic acids is 1. The van der Waals surface area contributed by atoms with E-state index in [0.29, 0.717) is 19.3 Å². The topological polar surface area (TPSA) is 99.1 Å². The standard InChI is InChI=1S/C50H93NO7/c1-6-8-10-12-14-16-18-19-20-21-22-23-24-25-26-27-28-29-31-32-34-36-38-40-48(52)57-45-46(44-56-43-42-47(50(54)55)51(3,4)5)58-49(53)41-39-37-35-33-30-17-15-13-11-9-7-2/h13,15,25-26,46-47H,6-12,14,16-24,27-45H2,1-5H3/p+1/b15-13+,26-25+. The fourth-order valence-electron chi connectivity index (χ4n) is 7.24. The van der Waals surface area contributed by atoms with Crippen LogP contribution in [0.1, 0.15) is 226 Å². The van der Waals surface area contributed by atoms with Gasteiger partial charge in [-0.15, -0.1) is 0 Å². The lowest BCUT2D eigenvalue weighted by Crippen LogP contribution is -2.50. The number of esters is 2. The first kappa shape index (κ1) is 55.8. The molecule has 0 aromatic heterocycles. The van der Waals surface area contributed by atoms with Crippen molar-refractivity contribution >= 4 is 17.9 Å². The second-order valence-corrected chi connectivity index (χ2v) is 17.7. The van der Waals surface area contributed by atoms with Gasteiger partial charge in [-0.25, -0.2) is 4.79 Å². The van der Waals surface area contributed by atoms with Crippen LogP contribution in [0.5, 0.6) is 0 Å². The summed E-state index contributed by atoms with van der Waals surface area (Å²) < 4.78 is 17.3. The Morgan fingerprint density at radius 2 is 0.879 bits per heavy atom. The van der Waals surface area contributed by atoms with E-state index in [1.54, 1.807) is 0 Å². The van der Waals surface area contributed by atoms with Crippen LogP contribution in [0.2, 0.25) is 0 Å². The molecular weight excluding hydrogens is 727 g/mol. The van der Waals surface area contributed by atoms with Crippen molar-refractivity contribution < 1.29 is 38.2 Å². The Labute approximate surface area is 358 Å². The molecule has 0 fully saturated rings. The zero-order valence-electron chi connectivity index (χ0n) is 38.8. The van der Waals surface area contributed by atoms with Crippen LogP contribution in [0.25, 0.3) is 0 Å². The third-order valence-electron chi connectivity index (χ3n) is 11.1. The molecule has 340 valence electrons. The Morgan fingerprint density at radius 3 is 1.29 bits per heavy atom. The number of rotatable bonds is 44. The molecule has 0 saturated heterocycles. The number of carbonyl (C=O) groups is 3. The quantitative estimate of drug-likeness (QED) is 0.0283. The SMILES string of the molecule is CCCC/C=C/CCCCCCCC(=O)OC(COCCC(C(=O)O)[N+](C)(C)C)COC(=O)CCCCCCCCC/C=C/CCCCCCCCCCCCCC. The number of nitrogens with zero attached hydrogens (tertiary/aromatic N) is 1. The van der Waals surface area contributed by atoms with E-state index in [1.165, 1.54) is 141 Å². The Kier molecular flexibility index (Phi) is 40.0. The molecule has 8 heteroatoms. The van der Waals surface area contributed by atoms with E-state index in [2.05, 4.69) is 38.2 Å². The van der Waals surface area contributed by atoms with Gasteiger partial charge in [-0.3, -0.25) is 9.59 Å². The molecular formula is C50H94NO7+. The van der Waals surface area contributed by atoms with Crippen LogP contribution in [0.3, 0.4) is 0 Å². The second kappa shape index (κ2) is 41.5. The van der Waals surface area contributed by atoms with Crippen molar-refractivity contribution in [2.75, 3.05) is 41.0 Å². The summed E-state index contributed by atoms with van der Waals surface area (Å²) in [6, 6.07) is -0.614. The number of hydrogen-bond acceptors (Lipinski definition) is 6. The molecule has 0 aromatic rings. The number of quaternary nitrogens is 1. The lowest BCUT2D eigenvalue weighted by atomic mass is 10.0. The lowest BCUT2D eigenvalue weighted by molar-refractivity contribution is -0.887. The van der Waals surface area contributed by atoms with Gasteiger partial charge >= 0.3 is 17.9 Å². The first-order valence-electron chi connectivity index (χ1n) is 24.4. The van der Waals surface area contributed by atoms with Crippen molar-refractivity contribution in [2.45, 2.75) is 238 Å². The third-order valence-corrected chi connectivity index (χ3v) is 11.1. The summed E-state index contributed by atoms with van der Waals surface area (Å²) in [5.41, 5.74) is 0. The van der Waals surface area contributed by atoms with Gasteiger partial charge < -0.3 is 23.8 Å². The number of allylic oxidation sites excluding steroid dienone is 4. The minimum absolute atomic E-state index is 0.0537. The summed E-state index contributed by atoms with van der Waals surface area (Å²) in [6.07, 6.45) is 46.6. The molecule has 2 atom stereocenters. The highest BCUT2D eigenvalue weighted by molar-refractivity contribution is 5.72.